The van der Waals surface area contributed by atoms with Crippen LogP contribution in [0.4, 0.5) is 0 Å². The average Bonchev–Trinajstić information content (AvgIpc) is 3.16. The minimum Gasteiger partial charge on any atom is -0.347 e. The third-order valence-corrected chi connectivity index (χ3v) is 5.48. The number of nitrogens with one attached hydrogen (secondary N) is 1. The highest BCUT2D eigenvalue weighted by Crippen LogP contribution is 2.35. The zero-order valence-corrected chi connectivity index (χ0v) is 14.9. The van der Waals surface area contributed by atoms with Gasteiger partial charge in [-0.15, -0.1) is 0 Å². The van der Waals surface area contributed by atoms with Gasteiger partial charge in [-0.05, 0) is 49.1 Å². The van der Waals surface area contributed by atoms with Gasteiger partial charge in [-0.2, -0.15) is 0 Å². The summed E-state index contributed by atoms with van der Waals surface area (Å²) in [7, 11) is 0. The van der Waals surface area contributed by atoms with Crippen molar-refractivity contribution in [2.75, 3.05) is 0 Å². The Balaban J connectivity index is 1.53. The van der Waals surface area contributed by atoms with Crippen molar-refractivity contribution >= 4 is 29.3 Å². The summed E-state index contributed by atoms with van der Waals surface area (Å²) < 4.78 is 0. The molecular weight excluding hydrogens is 352 g/mol. The van der Waals surface area contributed by atoms with Gasteiger partial charge in [0.2, 0.25) is 5.91 Å². The van der Waals surface area contributed by atoms with Crippen LogP contribution in [-0.2, 0) is 11.2 Å². The average molecular weight is 369 g/mol. The van der Waals surface area contributed by atoms with E-state index in [0.29, 0.717) is 16.1 Å². The van der Waals surface area contributed by atoms with E-state index in [-0.39, 0.29) is 11.9 Å². The molecule has 1 aliphatic heterocycles. The summed E-state index contributed by atoms with van der Waals surface area (Å²) in [5, 5.41) is 3.66. The number of imide groups is 1. The molecule has 5 nitrogen and oxygen atoms in total. The van der Waals surface area contributed by atoms with Crippen LogP contribution < -0.4 is 5.32 Å². The third-order valence-electron chi connectivity index (χ3n) is 5.12. The van der Waals surface area contributed by atoms with Crippen LogP contribution in [0.25, 0.3) is 0 Å². The van der Waals surface area contributed by atoms with E-state index in [2.05, 4.69) is 5.32 Å². The molecule has 0 radical (unpaired) electrons. The Kier molecular flexibility index (Phi) is 4.04. The van der Waals surface area contributed by atoms with Crippen molar-refractivity contribution in [3.8, 4) is 0 Å². The summed E-state index contributed by atoms with van der Waals surface area (Å²) in [4.78, 5) is 38.9. The number of fused-ring (bicyclic) bond motifs is 2. The van der Waals surface area contributed by atoms with Crippen LogP contribution in [0.5, 0.6) is 0 Å². The summed E-state index contributed by atoms with van der Waals surface area (Å²) in [6.45, 7) is 1.57. The molecule has 0 spiro atoms. The first kappa shape index (κ1) is 16.8. The number of carbonyl (C=O) groups excluding carboxylic acids is 3. The quantitative estimate of drug-likeness (QED) is 0.846. The van der Waals surface area contributed by atoms with Crippen molar-refractivity contribution in [1.82, 2.24) is 10.2 Å². The van der Waals surface area contributed by atoms with E-state index in [9.17, 15) is 14.4 Å². The smallest absolute Gasteiger partial charge is 0.262 e. The predicted octanol–water partition coefficient (Wildman–Crippen LogP) is 3.13. The monoisotopic (exact) mass is 368 g/mol. The Hall–Kier alpha value is -2.66. The van der Waals surface area contributed by atoms with Gasteiger partial charge < -0.3 is 5.32 Å². The third kappa shape index (κ3) is 2.51. The summed E-state index contributed by atoms with van der Waals surface area (Å²) in [6.07, 6.45) is 1.54. The van der Waals surface area contributed by atoms with Gasteiger partial charge in [0.25, 0.3) is 11.8 Å². The molecule has 1 aliphatic carbocycles. The second kappa shape index (κ2) is 6.25. The van der Waals surface area contributed by atoms with Gasteiger partial charge in [0.15, 0.2) is 0 Å². The normalized spacial score (nSPS) is 19.3. The maximum Gasteiger partial charge on any atom is 0.262 e. The highest BCUT2D eigenvalue weighted by molar-refractivity contribution is 6.31. The Morgan fingerprint density at radius 2 is 1.77 bits per heavy atom. The van der Waals surface area contributed by atoms with Crippen molar-refractivity contribution < 1.29 is 14.4 Å². The van der Waals surface area contributed by atoms with E-state index < -0.39 is 17.9 Å². The molecule has 2 aromatic carbocycles. The van der Waals surface area contributed by atoms with E-state index in [1.165, 1.54) is 0 Å². The maximum atomic E-state index is 12.7. The number of nitrogens with zero attached hydrogens (tertiary/aromatic N) is 1. The molecular formula is C20H17ClN2O3. The van der Waals surface area contributed by atoms with Crippen molar-refractivity contribution in [3.63, 3.8) is 0 Å². The first-order valence-electron chi connectivity index (χ1n) is 8.53. The number of carbonyl (C=O) groups is 3. The van der Waals surface area contributed by atoms with Crippen LogP contribution in [0.1, 0.15) is 51.2 Å². The van der Waals surface area contributed by atoms with Crippen LogP contribution in [0, 0.1) is 0 Å². The van der Waals surface area contributed by atoms with E-state index in [0.717, 1.165) is 28.9 Å². The van der Waals surface area contributed by atoms with Crippen LogP contribution in [0.2, 0.25) is 5.02 Å². The summed E-state index contributed by atoms with van der Waals surface area (Å²) in [5.41, 5.74) is 2.73. The molecule has 132 valence electrons. The highest BCUT2D eigenvalue weighted by atomic mass is 35.5. The number of hydrogen-bond donors (Lipinski definition) is 1. The first-order valence-corrected chi connectivity index (χ1v) is 8.91. The molecule has 6 heteroatoms. The summed E-state index contributed by atoms with van der Waals surface area (Å²) in [5.74, 6) is -1.21. The van der Waals surface area contributed by atoms with Crippen molar-refractivity contribution in [2.45, 2.75) is 31.8 Å². The molecule has 1 N–H and O–H groups in total. The predicted molar refractivity (Wildman–Crippen MR) is 97.1 cm³/mol. The largest absolute Gasteiger partial charge is 0.347 e. The van der Waals surface area contributed by atoms with E-state index >= 15 is 0 Å². The van der Waals surface area contributed by atoms with E-state index in [1.807, 2.05) is 18.2 Å². The van der Waals surface area contributed by atoms with Gasteiger partial charge in [0.05, 0.1) is 17.2 Å². The minimum absolute atomic E-state index is 0.158. The lowest BCUT2D eigenvalue weighted by Crippen LogP contribution is -2.48. The lowest BCUT2D eigenvalue weighted by molar-refractivity contribution is -0.125. The second-order valence-electron chi connectivity index (χ2n) is 6.61. The van der Waals surface area contributed by atoms with Crippen LogP contribution in [-0.4, -0.2) is 28.7 Å². The lowest BCUT2D eigenvalue weighted by atomic mass is 10.1. The van der Waals surface area contributed by atoms with E-state index in [4.69, 9.17) is 11.6 Å². The van der Waals surface area contributed by atoms with Gasteiger partial charge in [0, 0.05) is 5.02 Å². The summed E-state index contributed by atoms with van der Waals surface area (Å²) >= 11 is 6.22. The fourth-order valence-corrected chi connectivity index (χ4v) is 4.01. The van der Waals surface area contributed by atoms with Crippen molar-refractivity contribution in [2.24, 2.45) is 0 Å². The van der Waals surface area contributed by atoms with Gasteiger partial charge in [-0.25, -0.2) is 0 Å². The molecule has 0 aromatic heterocycles. The zero-order valence-electron chi connectivity index (χ0n) is 14.2. The van der Waals surface area contributed by atoms with Crippen LogP contribution >= 0.6 is 11.6 Å². The molecule has 2 aliphatic rings. The molecule has 0 bridgehead atoms. The Morgan fingerprint density at radius 3 is 2.42 bits per heavy atom. The fourth-order valence-electron chi connectivity index (χ4n) is 3.73. The molecule has 3 amide bonds. The van der Waals surface area contributed by atoms with E-state index in [1.54, 1.807) is 31.2 Å². The minimum atomic E-state index is -0.884. The number of hydrogen-bond acceptors (Lipinski definition) is 3. The van der Waals surface area contributed by atoms with Gasteiger partial charge in [-0.3, -0.25) is 19.3 Å². The molecule has 0 saturated heterocycles. The topological polar surface area (TPSA) is 66.5 Å². The Bertz CT molecular complexity index is 905. The molecule has 0 unspecified atom stereocenters. The number of benzene rings is 2. The van der Waals surface area contributed by atoms with Gasteiger partial charge in [0.1, 0.15) is 6.04 Å². The summed E-state index contributed by atoms with van der Waals surface area (Å²) in [6, 6.07) is 11.2. The Morgan fingerprint density at radius 1 is 1.12 bits per heavy atom. The number of rotatable bonds is 3. The lowest BCUT2D eigenvalue weighted by Gasteiger charge is -2.24. The fraction of sp³-hybridized carbons (Fsp3) is 0.250. The maximum absolute atomic E-state index is 12.7. The number of halogens is 1. The zero-order chi connectivity index (χ0) is 18.4. The molecule has 0 saturated carbocycles. The molecule has 1 heterocycles. The standard InChI is InChI=1S/C20H17ClN2O3/c1-11(23-19(25)14-5-2-3-6-15(14)20(23)26)18(24)22-17-10-9-12-13(17)7-4-8-16(12)21/h2-8,11,17H,9-10H2,1H3,(H,22,24)/t11-,17+/m0/s1. The highest BCUT2D eigenvalue weighted by Gasteiger charge is 2.41. The van der Waals surface area contributed by atoms with Crippen molar-refractivity contribution in [1.29, 1.82) is 0 Å². The second-order valence-corrected chi connectivity index (χ2v) is 7.02. The molecule has 2 aromatic rings. The van der Waals surface area contributed by atoms with Gasteiger partial charge in [-0.1, -0.05) is 35.9 Å². The van der Waals surface area contributed by atoms with Crippen LogP contribution in [0.3, 0.4) is 0 Å². The molecule has 26 heavy (non-hydrogen) atoms. The SMILES string of the molecule is C[C@@H](C(=O)N[C@@H]1CCc2c(Cl)cccc21)N1C(=O)c2ccccc2C1=O. The molecule has 0 fully saturated rings. The molecule has 4 rings (SSSR count). The van der Waals surface area contributed by atoms with Gasteiger partial charge >= 0.3 is 0 Å². The molecule has 2 atom stereocenters. The van der Waals surface area contributed by atoms with Crippen LogP contribution in [0.15, 0.2) is 42.5 Å². The first-order chi connectivity index (χ1) is 12.5. The van der Waals surface area contributed by atoms with Crippen molar-refractivity contribution in [3.05, 3.63) is 69.7 Å². The number of amides is 3. The Labute approximate surface area is 155 Å².